The highest BCUT2D eigenvalue weighted by Gasteiger charge is 2.31. The molecule has 1 aliphatic carbocycles. The van der Waals surface area contributed by atoms with Crippen LogP contribution in [-0.2, 0) is 0 Å². The monoisotopic (exact) mass is 492 g/mol. The van der Waals surface area contributed by atoms with Gasteiger partial charge in [0, 0.05) is 29.1 Å². The fourth-order valence-electron chi connectivity index (χ4n) is 5.54. The van der Waals surface area contributed by atoms with Gasteiger partial charge in [-0.15, -0.1) is 0 Å². The second-order valence-corrected chi connectivity index (χ2v) is 10.4. The van der Waals surface area contributed by atoms with Gasteiger partial charge in [-0.3, -0.25) is 14.5 Å². The maximum atomic E-state index is 12.9. The van der Waals surface area contributed by atoms with Gasteiger partial charge in [0.2, 0.25) is 0 Å². The third-order valence-corrected chi connectivity index (χ3v) is 7.62. The van der Waals surface area contributed by atoms with Gasteiger partial charge in [0.15, 0.2) is 0 Å². The molecule has 36 heavy (non-hydrogen) atoms. The van der Waals surface area contributed by atoms with Crippen molar-refractivity contribution in [1.82, 2.24) is 20.9 Å². The SMILES string of the molecule is O=C1c2cccc3cccc(c23)C(=O)N1CCCCNCCCCNCCCCNC1CCCCC1. The molecule has 0 spiro atoms. The number of nitrogens with zero attached hydrogens (tertiary/aromatic N) is 1. The highest BCUT2D eigenvalue weighted by molar-refractivity contribution is 6.25. The van der Waals surface area contributed by atoms with E-state index in [2.05, 4.69) is 16.0 Å². The molecule has 0 aromatic heterocycles. The van der Waals surface area contributed by atoms with E-state index in [1.54, 1.807) is 0 Å². The van der Waals surface area contributed by atoms with Gasteiger partial charge in [-0.25, -0.2) is 0 Å². The number of imide groups is 1. The minimum absolute atomic E-state index is 0.162. The van der Waals surface area contributed by atoms with Crippen LogP contribution in [0.1, 0.15) is 91.3 Å². The Labute approximate surface area is 216 Å². The van der Waals surface area contributed by atoms with Crippen molar-refractivity contribution in [2.75, 3.05) is 39.3 Å². The summed E-state index contributed by atoms with van der Waals surface area (Å²) in [6, 6.07) is 12.1. The van der Waals surface area contributed by atoms with Crippen LogP contribution in [0.4, 0.5) is 0 Å². The summed E-state index contributed by atoms with van der Waals surface area (Å²) in [6.45, 7) is 5.79. The van der Waals surface area contributed by atoms with Crippen LogP contribution in [0.2, 0.25) is 0 Å². The quantitative estimate of drug-likeness (QED) is 0.230. The van der Waals surface area contributed by atoms with Crippen molar-refractivity contribution in [3.63, 3.8) is 0 Å². The summed E-state index contributed by atoms with van der Waals surface area (Å²) in [5.41, 5.74) is 1.29. The highest BCUT2D eigenvalue weighted by atomic mass is 16.2. The van der Waals surface area contributed by atoms with Crippen molar-refractivity contribution in [2.24, 2.45) is 0 Å². The van der Waals surface area contributed by atoms with E-state index in [4.69, 9.17) is 0 Å². The smallest absolute Gasteiger partial charge is 0.261 e. The topological polar surface area (TPSA) is 73.5 Å². The number of carbonyl (C=O) groups excluding carboxylic acids is 2. The van der Waals surface area contributed by atoms with Gasteiger partial charge in [-0.2, -0.15) is 0 Å². The fourth-order valence-corrected chi connectivity index (χ4v) is 5.54. The summed E-state index contributed by atoms with van der Waals surface area (Å²) >= 11 is 0. The molecule has 0 unspecified atom stereocenters. The Morgan fingerprint density at radius 1 is 0.667 bits per heavy atom. The second-order valence-electron chi connectivity index (χ2n) is 10.4. The van der Waals surface area contributed by atoms with E-state index >= 15 is 0 Å². The molecule has 3 N–H and O–H groups in total. The lowest BCUT2D eigenvalue weighted by Crippen LogP contribution is -2.41. The number of unbranched alkanes of at least 4 members (excludes halogenated alkanes) is 3. The van der Waals surface area contributed by atoms with Crippen LogP contribution in [0.15, 0.2) is 36.4 Å². The van der Waals surface area contributed by atoms with Crippen molar-refractivity contribution in [2.45, 2.75) is 76.7 Å². The summed E-state index contributed by atoms with van der Waals surface area (Å²) in [4.78, 5) is 27.3. The first-order chi connectivity index (χ1) is 17.8. The highest BCUT2D eigenvalue weighted by Crippen LogP contribution is 2.30. The zero-order valence-electron chi connectivity index (χ0n) is 21.8. The lowest BCUT2D eigenvalue weighted by atomic mass is 9.94. The normalized spacial score (nSPS) is 16.3. The molecule has 1 aliphatic heterocycles. The van der Waals surface area contributed by atoms with Crippen LogP contribution in [0.3, 0.4) is 0 Å². The van der Waals surface area contributed by atoms with Crippen molar-refractivity contribution in [3.8, 4) is 0 Å². The lowest BCUT2D eigenvalue weighted by Gasteiger charge is -2.27. The van der Waals surface area contributed by atoms with Gasteiger partial charge >= 0.3 is 0 Å². The molecule has 1 fully saturated rings. The Morgan fingerprint density at radius 2 is 1.19 bits per heavy atom. The van der Waals surface area contributed by atoms with Gasteiger partial charge in [0.05, 0.1) is 0 Å². The molecule has 6 nitrogen and oxygen atoms in total. The summed E-state index contributed by atoms with van der Waals surface area (Å²) in [5.74, 6) is -0.324. The van der Waals surface area contributed by atoms with Crippen LogP contribution in [0, 0.1) is 0 Å². The van der Waals surface area contributed by atoms with E-state index in [1.165, 1.54) is 69.2 Å². The molecule has 0 saturated heterocycles. The molecular weight excluding hydrogens is 448 g/mol. The van der Waals surface area contributed by atoms with E-state index in [1.807, 2.05) is 36.4 Å². The predicted molar refractivity (Wildman–Crippen MR) is 148 cm³/mol. The molecule has 1 heterocycles. The third-order valence-electron chi connectivity index (χ3n) is 7.62. The minimum Gasteiger partial charge on any atom is -0.317 e. The number of hydrogen-bond acceptors (Lipinski definition) is 5. The van der Waals surface area contributed by atoms with Crippen LogP contribution in [-0.4, -0.2) is 62.0 Å². The first-order valence-corrected chi connectivity index (χ1v) is 14.3. The van der Waals surface area contributed by atoms with E-state index < -0.39 is 0 Å². The molecule has 2 aliphatic rings. The summed E-state index contributed by atoms with van der Waals surface area (Å²) in [7, 11) is 0. The maximum absolute atomic E-state index is 12.9. The Balaban J connectivity index is 0.986. The van der Waals surface area contributed by atoms with Gasteiger partial charge < -0.3 is 16.0 Å². The first kappa shape index (κ1) is 26.8. The van der Waals surface area contributed by atoms with Crippen LogP contribution < -0.4 is 16.0 Å². The van der Waals surface area contributed by atoms with Crippen LogP contribution >= 0.6 is 0 Å². The van der Waals surface area contributed by atoms with Crippen LogP contribution in [0.5, 0.6) is 0 Å². The van der Waals surface area contributed by atoms with Gasteiger partial charge in [-0.1, -0.05) is 43.5 Å². The molecule has 2 aromatic carbocycles. The van der Waals surface area contributed by atoms with E-state index in [9.17, 15) is 9.59 Å². The molecule has 6 heteroatoms. The Bertz CT molecular complexity index is 935. The van der Waals surface area contributed by atoms with Crippen molar-refractivity contribution < 1.29 is 9.59 Å². The maximum Gasteiger partial charge on any atom is 0.261 e. The van der Waals surface area contributed by atoms with Gasteiger partial charge in [0.25, 0.3) is 11.8 Å². The Hall–Kier alpha value is -2.28. The standard InChI is InChI=1S/C30H44N4O2/c35-29-26-16-10-12-24-13-11-17-27(28(24)26)30(36)34(29)23-9-8-21-32-19-5-4-18-31-20-6-7-22-33-25-14-2-1-3-15-25/h10-13,16-17,25,31-33H,1-9,14-15,18-23H2. The van der Waals surface area contributed by atoms with Gasteiger partial charge in [0.1, 0.15) is 0 Å². The largest absolute Gasteiger partial charge is 0.317 e. The zero-order valence-corrected chi connectivity index (χ0v) is 21.8. The molecule has 2 amide bonds. The number of carbonyl (C=O) groups is 2. The lowest BCUT2D eigenvalue weighted by molar-refractivity contribution is 0.0608. The fraction of sp³-hybridized carbons (Fsp3) is 0.600. The van der Waals surface area contributed by atoms with E-state index in [0.29, 0.717) is 17.7 Å². The summed E-state index contributed by atoms with van der Waals surface area (Å²) in [6.07, 6.45) is 13.6. The molecule has 0 radical (unpaired) electrons. The molecule has 2 aromatic rings. The molecule has 1 saturated carbocycles. The molecule has 0 bridgehead atoms. The van der Waals surface area contributed by atoms with Crippen LogP contribution in [0.25, 0.3) is 10.8 Å². The zero-order chi connectivity index (χ0) is 25.0. The van der Waals surface area contributed by atoms with E-state index in [0.717, 1.165) is 55.8 Å². The number of benzene rings is 2. The average Bonchev–Trinajstić information content (AvgIpc) is 2.91. The Morgan fingerprint density at radius 3 is 1.78 bits per heavy atom. The number of rotatable bonds is 16. The number of hydrogen-bond donors (Lipinski definition) is 3. The number of amides is 2. The Kier molecular flexibility index (Phi) is 10.8. The third kappa shape index (κ3) is 7.37. The molecule has 4 rings (SSSR count). The first-order valence-electron chi connectivity index (χ1n) is 14.3. The van der Waals surface area contributed by atoms with E-state index in [-0.39, 0.29) is 11.8 Å². The second kappa shape index (κ2) is 14.5. The molecule has 0 atom stereocenters. The van der Waals surface area contributed by atoms with Crippen molar-refractivity contribution in [3.05, 3.63) is 47.5 Å². The number of nitrogens with one attached hydrogen (secondary N) is 3. The summed E-state index contributed by atoms with van der Waals surface area (Å²) in [5, 5.41) is 12.5. The minimum atomic E-state index is -0.162. The van der Waals surface area contributed by atoms with Gasteiger partial charge in [-0.05, 0) is 102 Å². The summed E-state index contributed by atoms with van der Waals surface area (Å²) < 4.78 is 0. The van der Waals surface area contributed by atoms with Crippen molar-refractivity contribution in [1.29, 1.82) is 0 Å². The predicted octanol–water partition coefficient (Wildman–Crippen LogP) is 4.88. The average molecular weight is 493 g/mol. The molecule has 196 valence electrons. The van der Waals surface area contributed by atoms with Crippen molar-refractivity contribution >= 4 is 22.6 Å². The molecular formula is C30H44N4O2.